The van der Waals surface area contributed by atoms with E-state index in [4.69, 9.17) is 32.3 Å². The molecule has 4 N–H and O–H groups in total. The minimum atomic E-state index is -4.95. The van der Waals surface area contributed by atoms with Gasteiger partial charge in [0, 0.05) is 19.3 Å². The first-order valence-electron chi connectivity index (χ1n) is 46.7. The van der Waals surface area contributed by atoms with Gasteiger partial charge in [0.15, 0.2) is 6.10 Å². The zero-order valence-electron chi connectivity index (χ0n) is 74.7. The number of aliphatic hydroxyl groups is 2. The molecule has 0 spiro atoms. The van der Waals surface area contributed by atoms with Crippen LogP contribution in [0.1, 0.15) is 367 Å². The highest BCUT2D eigenvalue weighted by molar-refractivity contribution is 7.47. The summed E-state index contributed by atoms with van der Waals surface area (Å²) in [5, 5.41) is 20.8. The van der Waals surface area contributed by atoms with Crippen LogP contribution in [-0.4, -0.2) is 95.9 Å². The van der Waals surface area contributed by atoms with Gasteiger partial charge >= 0.3 is 33.6 Å². The number of ether oxygens (including phenoxy) is 3. The molecule has 0 aromatic rings. The predicted molar refractivity (Wildman–Crippen MR) is 500 cm³/mol. The molecule has 0 aliphatic rings. The van der Waals surface area contributed by atoms with Crippen LogP contribution in [0, 0.1) is 0 Å². The molecule has 0 saturated carbocycles. The number of phosphoric ester groups is 2. The van der Waals surface area contributed by atoms with Crippen molar-refractivity contribution in [3.05, 3.63) is 194 Å². The molecule has 119 heavy (non-hydrogen) atoms. The second-order valence-electron chi connectivity index (χ2n) is 30.7. The third kappa shape index (κ3) is 92.9. The number of aliphatic hydroxyl groups excluding tert-OH is 2. The molecule has 16 nitrogen and oxygen atoms in total. The molecule has 678 valence electrons. The predicted octanol–water partition coefficient (Wildman–Crippen LogP) is 29.0. The number of hydrogen-bond acceptors (Lipinski definition) is 14. The van der Waals surface area contributed by atoms with E-state index >= 15 is 0 Å². The summed E-state index contributed by atoms with van der Waals surface area (Å²) in [4.78, 5) is 59.0. The summed E-state index contributed by atoms with van der Waals surface area (Å²) < 4.78 is 61.5. The smallest absolute Gasteiger partial charge is 0.463 e. The van der Waals surface area contributed by atoms with Crippen molar-refractivity contribution in [2.75, 3.05) is 39.6 Å². The van der Waals surface area contributed by atoms with Crippen molar-refractivity contribution in [3.63, 3.8) is 0 Å². The van der Waals surface area contributed by atoms with Crippen LogP contribution in [0.25, 0.3) is 0 Å². The van der Waals surface area contributed by atoms with Crippen LogP contribution in [-0.2, 0) is 55.8 Å². The first kappa shape index (κ1) is 113. The second kappa shape index (κ2) is 91.6. The van der Waals surface area contributed by atoms with Crippen LogP contribution in [0.5, 0.6) is 0 Å². The lowest BCUT2D eigenvalue weighted by molar-refractivity contribution is -0.161. The summed E-state index contributed by atoms with van der Waals surface area (Å²) in [5.74, 6) is -1.59. The quantitative estimate of drug-likeness (QED) is 0.0146. The van der Waals surface area contributed by atoms with Gasteiger partial charge in [-0.3, -0.25) is 32.5 Å². The number of allylic oxidation sites excluding steroid dienone is 32. The zero-order chi connectivity index (χ0) is 86.5. The number of esters is 3. The molecule has 0 heterocycles. The van der Waals surface area contributed by atoms with Gasteiger partial charge in [-0.15, -0.1) is 0 Å². The fourth-order valence-corrected chi connectivity index (χ4v) is 13.9. The highest BCUT2D eigenvalue weighted by Gasteiger charge is 2.29. The molecule has 0 aromatic heterocycles. The molecule has 5 unspecified atom stereocenters. The minimum absolute atomic E-state index is 0.0841. The van der Waals surface area contributed by atoms with Crippen LogP contribution >= 0.6 is 15.6 Å². The third-order valence-corrected chi connectivity index (χ3v) is 21.2. The molecule has 5 atom stereocenters. The molecule has 0 aromatic carbocycles. The van der Waals surface area contributed by atoms with E-state index in [1.165, 1.54) is 109 Å². The Kier molecular flexibility index (Phi) is 87.3. The summed E-state index contributed by atoms with van der Waals surface area (Å²) in [6.07, 6.45) is 122. The topological polar surface area (TPSA) is 231 Å². The fourth-order valence-electron chi connectivity index (χ4n) is 12.3. The lowest BCUT2D eigenvalue weighted by Crippen LogP contribution is -2.30. The molecular weight excluding hydrogens is 1530 g/mol. The Morgan fingerprint density at radius 2 is 0.420 bits per heavy atom. The van der Waals surface area contributed by atoms with E-state index in [2.05, 4.69) is 215 Å². The minimum Gasteiger partial charge on any atom is -0.463 e. The maximum absolute atomic E-state index is 13.1. The average molecular weight is 1700 g/mol. The van der Waals surface area contributed by atoms with Crippen LogP contribution in [0.4, 0.5) is 0 Å². The van der Waals surface area contributed by atoms with E-state index in [1.807, 2.05) is 0 Å². The van der Waals surface area contributed by atoms with E-state index in [9.17, 15) is 43.5 Å². The van der Waals surface area contributed by atoms with Crippen LogP contribution in [0.15, 0.2) is 194 Å². The maximum Gasteiger partial charge on any atom is 0.472 e. The number of carbonyl (C=O) groups excluding carboxylic acids is 3. The first-order valence-corrected chi connectivity index (χ1v) is 49.7. The Labute approximate surface area is 725 Å². The first-order chi connectivity index (χ1) is 58.2. The normalized spacial score (nSPS) is 14.6. The van der Waals surface area contributed by atoms with E-state index in [-0.39, 0.29) is 19.3 Å². The molecule has 0 saturated heterocycles. The van der Waals surface area contributed by atoms with E-state index in [1.54, 1.807) is 0 Å². The van der Waals surface area contributed by atoms with Crippen LogP contribution < -0.4 is 0 Å². The molecule has 0 rings (SSSR count). The second-order valence-corrected chi connectivity index (χ2v) is 33.6. The van der Waals surface area contributed by atoms with Gasteiger partial charge in [0.2, 0.25) is 0 Å². The van der Waals surface area contributed by atoms with Crippen molar-refractivity contribution in [1.29, 1.82) is 0 Å². The highest BCUT2D eigenvalue weighted by atomic mass is 31.2. The SMILES string of the molecule is CC/C=C\C/C=C\C/C=C\C/C=C\C/C=C\C/C=C\CCCCCCCCCCCCCCCCCCC(=O)OCC(O)COP(=O)(O)OCC(O)COP(=O)(O)OCC(COC(=O)CCCCCCCCCCC/C=C\C/C=C\C/C=C\C/C=C\C/C=C\CC)OC(=O)CCCCCCCCC/C=C\C/C=C\C/C=C\C/C=C\C/C=C\CC. The number of hydrogen-bond donors (Lipinski definition) is 4. The average Bonchev–Trinajstić information content (AvgIpc) is 0.912. The van der Waals surface area contributed by atoms with Gasteiger partial charge in [0.25, 0.3) is 0 Å². The van der Waals surface area contributed by atoms with E-state index < -0.39 is 91.5 Å². The van der Waals surface area contributed by atoms with Gasteiger partial charge in [-0.25, -0.2) is 9.13 Å². The van der Waals surface area contributed by atoms with Gasteiger partial charge in [0.1, 0.15) is 25.4 Å². The summed E-state index contributed by atoms with van der Waals surface area (Å²) in [6, 6.07) is 0. The van der Waals surface area contributed by atoms with Crippen molar-refractivity contribution in [2.45, 2.75) is 386 Å². The lowest BCUT2D eigenvalue weighted by atomic mass is 10.0. The Balaban J connectivity index is 4.58. The van der Waals surface area contributed by atoms with Crippen molar-refractivity contribution in [3.8, 4) is 0 Å². The summed E-state index contributed by atoms with van der Waals surface area (Å²) >= 11 is 0. The number of carbonyl (C=O) groups is 3. The summed E-state index contributed by atoms with van der Waals surface area (Å²) in [5.41, 5.74) is 0. The van der Waals surface area contributed by atoms with Crippen LogP contribution in [0.2, 0.25) is 0 Å². The molecular formula is C101H168O16P2. The number of rotatable bonds is 87. The zero-order valence-corrected chi connectivity index (χ0v) is 76.5. The maximum atomic E-state index is 13.1. The van der Waals surface area contributed by atoms with Gasteiger partial charge in [0.05, 0.1) is 26.4 Å². The van der Waals surface area contributed by atoms with Gasteiger partial charge in [-0.05, 0) is 161 Å². The van der Waals surface area contributed by atoms with Crippen molar-refractivity contribution >= 4 is 33.6 Å². The Bertz CT molecular complexity index is 2940. The standard InChI is InChI=1S/C101H168O16P2/c1-4-7-10-13-16-19-22-25-28-31-34-37-40-42-43-44-45-46-47-48-49-50-51-53-56-57-60-63-66-69-72-75-78-81-84-87-99(104)111-90-96(102)91-113-118(107,108)114-92-97(103)93-115-119(109,110)116-95-98(117-101(106)89-86-83-80-77-74-71-68-65-62-59-54-39-36-33-30-27-24-21-18-15-12-9-6-3)94-112-100(105)88-85-82-79-76-73-70-67-64-61-58-55-52-41-38-35-32-29-26-23-20-17-14-11-8-5-2/h7-12,16-21,25-30,34-39,42-43,45-46,52,55,59,62,96-98,102-103H,4-6,13-15,22-24,31-33,40-41,44,47-51,53-54,56-58,60-61,63-95H2,1-3H3,(H,107,108)(H,109,110)/b10-7-,11-8-,12-9-,19-16-,20-17-,21-18-,28-25-,29-26-,30-27-,37-34-,38-35-,39-36-,43-42-,46-45-,55-52-,62-59-. The molecule has 0 amide bonds. The third-order valence-electron chi connectivity index (χ3n) is 19.3. The molecule has 0 radical (unpaired) electrons. The van der Waals surface area contributed by atoms with Gasteiger partial charge < -0.3 is 34.2 Å². The molecule has 0 bridgehead atoms. The highest BCUT2D eigenvalue weighted by Crippen LogP contribution is 2.45. The Morgan fingerprint density at radius 3 is 0.664 bits per heavy atom. The van der Waals surface area contributed by atoms with Gasteiger partial charge in [-0.1, -0.05) is 382 Å². The Morgan fingerprint density at radius 1 is 0.235 bits per heavy atom. The Hall–Kier alpha value is -5.61. The number of phosphoric acid groups is 2. The van der Waals surface area contributed by atoms with E-state index in [0.29, 0.717) is 19.3 Å². The lowest BCUT2D eigenvalue weighted by Gasteiger charge is -2.21. The fraction of sp³-hybridized carbons (Fsp3) is 0.653. The molecule has 0 fully saturated rings. The van der Waals surface area contributed by atoms with Crippen molar-refractivity contribution in [1.82, 2.24) is 0 Å². The number of unbranched alkanes of at least 4 members (excludes halogenated alkanes) is 32. The van der Waals surface area contributed by atoms with E-state index in [0.717, 1.165) is 199 Å². The van der Waals surface area contributed by atoms with Crippen molar-refractivity contribution < 1.29 is 75.8 Å². The van der Waals surface area contributed by atoms with Crippen molar-refractivity contribution in [2.24, 2.45) is 0 Å². The summed E-state index contributed by atoms with van der Waals surface area (Å²) in [6.45, 7) is 2.35. The molecule has 0 aliphatic carbocycles. The van der Waals surface area contributed by atoms with Gasteiger partial charge in [-0.2, -0.15) is 0 Å². The monoisotopic (exact) mass is 1700 g/mol. The summed E-state index contributed by atoms with van der Waals surface area (Å²) in [7, 11) is -9.82. The largest absolute Gasteiger partial charge is 0.472 e. The molecule has 18 heteroatoms. The molecule has 0 aliphatic heterocycles. The van der Waals surface area contributed by atoms with Crippen LogP contribution in [0.3, 0.4) is 0 Å².